The van der Waals surface area contributed by atoms with Crippen molar-refractivity contribution in [3.63, 3.8) is 0 Å². The lowest BCUT2D eigenvalue weighted by Gasteiger charge is -2.12. The number of unbranched alkanes of at least 4 members (excludes halogenated alkanes) is 5. The van der Waals surface area contributed by atoms with Crippen LogP contribution in [0.1, 0.15) is 66.9 Å². The van der Waals surface area contributed by atoms with Crippen LogP contribution in [0, 0.1) is 0 Å². The molecule has 1 heterocycles. The molecule has 2 unspecified atom stereocenters. The average Bonchev–Trinajstić information content (AvgIpc) is 3.49. The van der Waals surface area contributed by atoms with Crippen LogP contribution < -0.4 is 0 Å². The van der Waals surface area contributed by atoms with Gasteiger partial charge in [-0.1, -0.05) is 68.1 Å². The largest absolute Gasteiger partial charge is 0.416 e. The van der Waals surface area contributed by atoms with Crippen LogP contribution in [-0.2, 0) is 28.5 Å². The van der Waals surface area contributed by atoms with E-state index in [0.29, 0.717) is 12.0 Å². The summed E-state index contributed by atoms with van der Waals surface area (Å²) in [6.07, 6.45) is 3.64. The minimum absolute atomic E-state index is 0.0803. The van der Waals surface area contributed by atoms with Crippen LogP contribution in [0.2, 0.25) is 0 Å². The third-order valence-electron chi connectivity index (χ3n) is 5.49. The molecule has 2 aromatic rings. The Kier molecular flexibility index (Phi) is 7.48. The Morgan fingerprint density at radius 1 is 0.793 bits per heavy atom. The van der Waals surface area contributed by atoms with E-state index in [4.69, 9.17) is 4.74 Å². The number of hydrogen-bond acceptors (Lipinski definition) is 2. The molecule has 0 radical (unpaired) electrons. The normalized spacial score (nSPS) is 18.6. The molecule has 0 N–H and O–H groups in total. The fraction of sp³-hybridized carbons (Fsp3) is 0.458. The number of benzene rings is 2. The first-order valence-corrected chi connectivity index (χ1v) is 10.3. The third-order valence-corrected chi connectivity index (χ3v) is 5.49. The highest BCUT2D eigenvalue weighted by Crippen LogP contribution is 2.39. The quantitative estimate of drug-likeness (QED) is 0.244. The number of halogens is 3. The molecule has 1 aliphatic rings. The van der Waals surface area contributed by atoms with Gasteiger partial charge in [0.2, 0.25) is 0 Å². The molecule has 156 valence electrons. The first kappa shape index (κ1) is 21.6. The Bertz CT molecular complexity index is 801. The Balaban J connectivity index is 1.33. The van der Waals surface area contributed by atoms with Gasteiger partial charge in [-0.2, -0.15) is 13.2 Å². The lowest BCUT2D eigenvalue weighted by molar-refractivity contribution is -0.138. The highest BCUT2D eigenvalue weighted by molar-refractivity contribution is 5.62. The standard InChI is InChI=1S/C24H27F3O2/c25-24(26,27)21-16-10-8-14-19(21)13-6-4-2-1-3-5-11-18-12-7-9-15-20(18)23-22(17-28)29-23/h7-10,12,14-17,22-23H,1-6,11,13H2. The number of carbonyl (C=O) groups excluding carboxylic acids is 1. The molecule has 0 amide bonds. The van der Waals surface area contributed by atoms with E-state index in [1.54, 1.807) is 12.1 Å². The lowest BCUT2D eigenvalue weighted by Crippen LogP contribution is -2.08. The van der Waals surface area contributed by atoms with Crippen LogP contribution in [0.5, 0.6) is 0 Å². The Labute approximate surface area is 170 Å². The Hall–Kier alpha value is -2.14. The summed E-state index contributed by atoms with van der Waals surface area (Å²) in [6, 6.07) is 14.0. The number of aryl methyl sites for hydroxylation is 2. The van der Waals surface area contributed by atoms with Crippen LogP contribution in [-0.4, -0.2) is 12.4 Å². The second-order valence-corrected chi connectivity index (χ2v) is 7.63. The van der Waals surface area contributed by atoms with E-state index < -0.39 is 11.7 Å². The monoisotopic (exact) mass is 404 g/mol. The Morgan fingerprint density at radius 3 is 1.97 bits per heavy atom. The minimum Gasteiger partial charge on any atom is -0.356 e. The molecule has 2 aromatic carbocycles. The molecule has 29 heavy (non-hydrogen) atoms. The van der Waals surface area contributed by atoms with Crippen molar-refractivity contribution >= 4 is 6.29 Å². The molecule has 0 bridgehead atoms. The zero-order valence-corrected chi connectivity index (χ0v) is 16.5. The summed E-state index contributed by atoms with van der Waals surface area (Å²) < 4.78 is 44.4. The molecule has 5 heteroatoms. The van der Waals surface area contributed by atoms with E-state index in [0.717, 1.165) is 62.9 Å². The average molecular weight is 404 g/mol. The van der Waals surface area contributed by atoms with Crippen molar-refractivity contribution in [2.75, 3.05) is 0 Å². The maximum atomic E-state index is 13.0. The van der Waals surface area contributed by atoms with Gasteiger partial charge in [0.15, 0.2) is 6.29 Å². The topological polar surface area (TPSA) is 29.6 Å². The van der Waals surface area contributed by atoms with Gasteiger partial charge in [-0.25, -0.2) is 0 Å². The fourth-order valence-corrected chi connectivity index (χ4v) is 3.87. The number of aldehydes is 1. The summed E-state index contributed by atoms with van der Waals surface area (Å²) in [5.74, 6) is 0. The number of hydrogen-bond donors (Lipinski definition) is 0. The molecule has 0 saturated carbocycles. The summed E-state index contributed by atoms with van der Waals surface area (Å²) in [6.45, 7) is 0. The number of ether oxygens (including phenoxy) is 1. The van der Waals surface area contributed by atoms with Gasteiger partial charge < -0.3 is 9.53 Å². The minimum atomic E-state index is -4.27. The smallest absolute Gasteiger partial charge is 0.356 e. The van der Waals surface area contributed by atoms with Crippen molar-refractivity contribution < 1.29 is 22.7 Å². The molecule has 3 rings (SSSR count). The van der Waals surface area contributed by atoms with Crippen molar-refractivity contribution in [1.29, 1.82) is 0 Å². The zero-order chi connectivity index (χ0) is 20.7. The van der Waals surface area contributed by atoms with E-state index in [-0.39, 0.29) is 12.2 Å². The molecule has 1 saturated heterocycles. The zero-order valence-electron chi connectivity index (χ0n) is 16.5. The number of rotatable bonds is 11. The molecular formula is C24H27F3O2. The number of epoxide rings is 1. The van der Waals surface area contributed by atoms with Crippen LogP contribution in [0.3, 0.4) is 0 Å². The van der Waals surface area contributed by atoms with Crippen molar-refractivity contribution in [3.05, 3.63) is 70.8 Å². The van der Waals surface area contributed by atoms with Crippen molar-refractivity contribution in [2.24, 2.45) is 0 Å². The molecular weight excluding hydrogens is 377 g/mol. The van der Waals surface area contributed by atoms with Crippen LogP contribution in [0.4, 0.5) is 13.2 Å². The highest BCUT2D eigenvalue weighted by atomic mass is 19.4. The van der Waals surface area contributed by atoms with Gasteiger partial charge in [0.1, 0.15) is 12.2 Å². The SMILES string of the molecule is O=CC1OC1c1ccccc1CCCCCCCCc1ccccc1C(F)(F)F. The van der Waals surface area contributed by atoms with E-state index in [2.05, 4.69) is 6.07 Å². The van der Waals surface area contributed by atoms with Crippen LogP contribution >= 0.6 is 0 Å². The summed E-state index contributed by atoms with van der Waals surface area (Å²) in [5.41, 5.74) is 2.25. The number of carbonyl (C=O) groups is 1. The maximum absolute atomic E-state index is 13.0. The van der Waals surface area contributed by atoms with Gasteiger partial charge >= 0.3 is 6.18 Å². The molecule has 0 aromatic heterocycles. The maximum Gasteiger partial charge on any atom is 0.416 e. The van der Waals surface area contributed by atoms with Gasteiger partial charge in [-0.3, -0.25) is 0 Å². The molecule has 0 aliphatic carbocycles. The molecule has 0 spiro atoms. The van der Waals surface area contributed by atoms with E-state index in [1.165, 1.54) is 11.6 Å². The predicted octanol–water partition coefficient (Wildman–Crippen LogP) is 6.47. The fourth-order valence-electron chi connectivity index (χ4n) is 3.87. The molecule has 1 aliphatic heterocycles. The molecule has 2 nitrogen and oxygen atoms in total. The third kappa shape index (κ3) is 6.17. The predicted molar refractivity (Wildman–Crippen MR) is 107 cm³/mol. The van der Waals surface area contributed by atoms with Gasteiger partial charge in [0.25, 0.3) is 0 Å². The summed E-state index contributed by atoms with van der Waals surface area (Å²) in [4.78, 5) is 10.8. The van der Waals surface area contributed by atoms with Crippen molar-refractivity contribution in [3.8, 4) is 0 Å². The molecule has 2 atom stereocenters. The van der Waals surface area contributed by atoms with Gasteiger partial charge in [-0.15, -0.1) is 0 Å². The second-order valence-electron chi connectivity index (χ2n) is 7.63. The van der Waals surface area contributed by atoms with Gasteiger partial charge in [-0.05, 0) is 48.4 Å². The van der Waals surface area contributed by atoms with Crippen molar-refractivity contribution in [2.45, 2.75) is 69.8 Å². The van der Waals surface area contributed by atoms with E-state index in [9.17, 15) is 18.0 Å². The second kappa shape index (κ2) is 10.1. The first-order valence-electron chi connectivity index (χ1n) is 10.3. The summed E-state index contributed by atoms with van der Waals surface area (Å²) in [5, 5.41) is 0. The first-order chi connectivity index (χ1) is 14.0. The van der Waals surface area contributed by atoms with Crippen LogP contribution in [0.15, 0.2) is 48.5 Å². The summed E-state index contributed by atoms with van der Waals surface area (Å²) >= 11 is 0. The highest BCUT2D eigenvalue weighted by Gasteiger charge is 2.40. The Morgan fingerprint density at radius 2 is 1.34 bits per heavy atom. The van der Waals surface area contributed by atoms with E-state index >= 15 is 0 Å². The van der Waals surface area contributed by atoms with Crippen molar-refractivity contribution in [1.82, 2.24) is 0 Å². The van der Waals surface area contributed by atoms with E-state index in [1.807, 2.05) is 18.2 Å². The summed E-state index contributed by atoms with van der Waals surface area (Å²) in [7, 11) is 0. The van der Waals surface area contributed by atoms with Crippen LogP contribution in [0.25, 0.3) is 0 Å². The van der Waals surface area contributed by atoms with Gasteiger partial charge in [0.05, 0.1) is 5.56 Å². The number of alkyl halides is 3. The molecule has 1 fully saturated rings. The van der Waals surface area contributed by atoms with Gasteiger partial charge in [0, 0.05) is 0 Å². The lowest BCUT2D eigenvalue weighted by atomic mass is 9.97.